The smallest absolute Gasteiger partial charge is 0.418 e. The molecule has 1 fully saturated rings. The Hall–Kier alpha value is -3.88. The number of halogens is 3. The number of carbonyl (C=O) groups is 1. The molecule has 0 spiro atoms. The van der Waals surface area contributed by atoms with Gasteiger partial charge in [0.1, 0.15) is 23.6 Å². The van der Waals surface area contributed by atoms with E-state index in [2.05, 4.69) is 15.0 Å². The first kappa shape index (κ1) is 25.2. The van der Waals surface area contributed by atoms with Gasteiger partial charge in [-0.2, -0.15) is 18.4 Å². The van der Waals surface area contributed by atoms with Gasteiger partial charge in [-0.25, -0.2) is 19.7 Å². The van der Waals surface area contributed by atoms with E-state index in [1.807, 2.05) is 19.9 Å². The van der Waals surface area contributed by atoms with E-state index < -0.39 is 23.4 Å². The minimum atomic E-state index is -4.69. The van der Waals surface area contributed by atoms with Gasteiger partial charge in [0, 0.05) is 37.6 Å². The fourth-order valence-electron chi connectivity index (χ4n) is 4.27. The number of nitrogens with zero attached hydrogens (tertiary/aromatic N) is 7. The Labute approximate surface area is 206 Å². The van der Waals surface area contributed by atoms with Crippen molar-refractivity contribution < 1.29 is 22.7 Å². The molecule has 1 amide bonds. The molecular formula is C24H26F3N7O2. The number of carbonyl (C=O) groups excluding carboxylic acids is 1. The van der Waals surface area contributed by atoms with Crippen LogP contribution in [-0.4, -0.2) is 61.3 Å². The summed E-state index contributed by atoms with van der Waals surface area (Å²) in [6.45, 7) is 9.45. The Bertz CT molecular complexity index is 1340. The van der Waals surface area contributed by atoms with Crippen LogP contribution in [0.15, 0.2) is 30.9 Å². The van der Waals surface area contributed by atoms with E-state index in [0.717, 1.165) is 6.20 Å². The lowest BCUT2D eigenvalue weighted by molar-refractivity contribution is -0.136. The van der Waals surface area contributed by atoms with Crippen LogP contribution < -0.4 is 4.90 Å². The van der Waals surface area contributed by atoms with E-state index in [-0.39, 0.29) is 53.4 Å². The highest BCUT2D eigenvalue weighted by Gasteiger charge is 2.40. The third-order valence-corrected chi connectivity index (χ3v) is 5.88. The molecule has 3 aromatic rings. The molecule has 4 heterocycles. The van der Waals surface area contributed by atoms with Crippen molar-refractivity contribution in [2.75, 3.05) is 18.0 Å². The molecular weight excluding hydrogens is 475 g/mol. The van der Waals surface area contributed by atoms with Crippen LogP contribution in [0.2, 0.25) is 0 Å². The second-order valence-corrected chi connectivity index (χ2v) is 9.80. The van der Waals surface area contributed by atoms with Crippen LogP contribution in [0.5, 0.6) is 0 Å². The van der Waals surface area contributed by atoms with Crippen LogP contribution >= 0.6 is 0 Å². The number of ether oxygens (including phenoxy) is 1. The molecule has 0 radical (unpaired) electrons. The SMILES string of the molecule is C[C@@H]1CN(c2ncnc3c2c(C(F)(F)F)cn3-c2cc(C#N)ccn2)[C@@H](C)CN1C(=O)OC(C)(C)C. The normalized spacial score (nSPS) is 18.9. The van der Waals surface area contributed by atoms with Crippen LogP contribution in [-0.2, 0) is 10.9 Å². The average molecular weight is 502 g/mol. The van der Waals surface area contributed by atoms with E-state index in [4.69, 9.17) is 4.74 Å². The first-order valence-electron chi connectivity index (χ1n) is 11.4. The summed E-state index contributed by atoms with van der Waals surface area (Å²) < 4.78 is 49.3. The molecule has 9 nitrogen and oxygen atoms in total. The van der Waals surface area contributed by atoms with Crippen molar-refractivity contribution in [2.24, 2.45) is 0 Å². The third kappa shape index (κ3) is 4.78. The second kappa shape index (κ2) is 8.96. The topological polar surface area (TPSA) is 100 Å². The molecule has 0 aromatic carbocycles. The summed E-state index contributed by atoms with van der Waals surface area (Å²) in [7, 11) is 0. The number of amides is 1. The first-order valence-corrected chi connectivity index (χ1v) is 11.4. The fraction of sp³-hybridized carbons (Fsp3) is 0.458. The minimum absolute atomic E-state index is 0.0179. The summed E-state index contributed by atoms with van der Waals surface area (Å²) in [6.07, 6.45) is -1.67. The van der Waals surface area contributed by atoms with Crippen molar-refractivity contribution in [2.45, 2.75) is 58.5 Å². The maximum absolute atomic E-state index is 14.2. The van der Waals surface area contributed by atoms with Crippen LogP contribution in [0.4, 0.5) is 23.8 Å². The van der Waals surface area contributed by atoms with E-state index in [9.17, 15) is 23.2 Å². The molecule has 0 N–H and O–H groups in total. The first-order chi connectivity index (χ1) is 16.8. The Kier molecular flexibility index (Phi) is 6.28. The highest BCUT2D eigenvalue weighted by molar-refractivity contribution is 5.93. The van der Waals surface area contributed by atoms with Gasteiger partial charge >= 0.3 is 12.3 Å². The van der Waals surface area contributed by atoms with Gasteiger partial charge in [0.2, 0.25) is 0 Å². The van der Waals surface area contributed by atoms with Crippen molar-refractivity contribution in [3.8, 4) is 11.9 Å². The fourth-order valence-corrected chi connectivity index (χ4v) is 4.27. The number of nitriles is 1. The Morgan fingerprint density at radius 2 is 1.86 bits per heavy atom. The maximum Gasteiger partial charge on any atom is 0.418 e. The summed E-state index contributed by atoms with van der Waals surface area (Å²) in [4.78, 5) is 28.6. The molecule has 0 aliphatic carbocycles. The van der Waals surface area contributed by atoms with Crippen molar-refractivity contribution in [1.29, 1.82) is 5.26 Å². The van der Waals surface area contributed by atoms with E-state index >= 15 is 0 Å². The van der Waals surface area contributed by atoms with E-state index in [1.54, 1.807) is 30.6 Å². The highest BCUT2D eigenvalue weighted by atomic mass is 19.4. The zero-order valence-electron chi connectivity index (χ0n) is 20.5. The highest BCUT2D eigenvalue weighted by Crippen LogP contribution is 2.41. The largest absolute Gasteiger partial charge is 0.444 e. The molecule has 1 saturated heterocycles. The minimum Gasteiger partial charge on any atom is -0.444 e. The summed E-state index contributed by atoms with van der Waals surface area (Å²) in [5.74, 6) is 0.251. The monoisotopic (exact) mass is 501 g/mol. The van der Waals surface area contributed by atoms with Gasteiger partial charge in [0.15, 0.2) is 5.65 Å². The van der Waals surface area contributed by atoms with Gasteiger partial charge < -0.3 is 14.5 Å². The lowest BCUT2D eigenvalue weighted by atomic mass is 10.1. The molecule has 0 saturated carbocycles. The maximum atomic E-state index is 14.2. The number of aromatic nitrogens is 4. The molecule has 1 aliphatic rings. The average Bonchev–Trinajstić information content (AvgIpc) is 3.20. The molecule has 3 aromatic heterocycles. The summed E-state index contributed by atoms with van der Waals surface area (Å²) in [5, 5.41) is 9.04. The number of fused-ring (bicyclic) bond motifs is 1. The standard InChI is InChI=1S/C24H26F3N7O2/c1-14-11-33(22(35)36-23(3,4)5)15(2)10-32(14)20-19-17(24(25,26)27)12-34(21(19)31-13-30-20)18-8-16(9-28)6-7-29-18/h6-8,12-15H,10-11H2,1-5H3/t14-,15+/m0/s1. The van der Waals surface area contributed by atoms with Crippen LogP contribution in [0.3, 0.4) is 0 Å². The van der Waals surface area contributed by atoms with Gasteiger partial charge in [0.05, 0.1) is 22.6 Å². The molecule has 36 heavy (non-hydrogen) atoms. The predicted molar refractivity (Wildman–Crippen MR) is 126 cm³/mol. The number of hydrogen-bond acceptors (Lipinski definition) is 7. The zero-order valence-corrected chi connectivity index (χ0v) is 20.5. The molecule has 190 valence electrons. The zero-order chi connectivity index (χ0) is 26.4. The van der Waals surface area contributed by atoms with Crippen molar-refractivity contribution >= 4 is 22.9 Å². The predicted octanol–water partition coefficient (Wildman–Crippen LogP) is 4.54. The number of alkyl halides is 3. The van der Waals surface area contributed by atoms with E-state index in [1.165, 1.54) is 29.2 Å². The summed E-state index contributed by atoms with van der Waals surface area (Å²) >= 11 is 0. The quantitative estimate of drug-likeness (QED) is 0.508. The van der Waals surface area contributed by atoms with E-state index in [0.29, 0.717) is 0 Å². The van der Waals surface area contributed by atoms with Crippen LogP contribution in [0.25, 0.3) is 16.9 Å². The van der Waals surface area contributed by atoms with Gasteiger partial charge in [0.25, 0.3) is 0 Å². The molecule has 1 aliphatic heterocycles. The number of pyridine rings is 1. The van der Waals surface area contributed by atoms with Crippen LogP contribution in [0, 0.1) is 11.3 Å². The van der Waals surface area contributed by atoms with Gasteiger partial charge in [-0.3, -0.25) is 4.57 Å². The van der Waals surface area contributed by atoms with Crippen molar-refractivity contribution in [3.05, 3.63) is 42.0 Å². The van der Waals surface area contributed by atoms with Crippen molar-refractivity contribution in [3.63, 3.8) is 0 Å². The van der Waals surface area contributed by atoms with Gasteiger partial charge in [-0.15, -0.1) is 0 Å². The lowest BCUT2D eigenvalue weighted by Crippen LogP contribution is -2.59. The Balaban J connectivity index is 1.79. The molecule has 12 heteroatoms. The van der Waals surface area contributed by atoms with Gasteiger partial charge in [-0.05, 0) is 46.8 Å². The lowest BCUT2D eigenvalue weighted by Gasteiger charge is -2.44. The molecule has 4 rings (SSSR count). The molecule has 0 bridgehead atoms. The third-order valence-electron chi connectivity index (χ3n) is 5.88. The number of anilines is 1. The Morgan fingerprint density at radius 3 is 2.50 bits per heavy atom. The Morgan fingerprint density at radius 1 is 1.14 bits per heavy atom. The number of hydrogen-bond donors (Lipinski definition) is 0. The van der Waals surface area contributed by atoms with Crippen LogP contribution in [0.1, 0.15) is 45.7 Å². The summed E-state index contributed by atoms with van der Waals surface area (Å²) in [6, 6.07) is 4.13. The second-order valence-electron chi connectivity index (χ2n) is 9.80. The van der Waals surface area contributed by atoms with Crippen molar-refractivity contribution in [1.82, 2.24) is 24.4 Å². The van der Waals surface area contributed by atoms with Gasteiger partial charge in [-0.1, -0.05) is 0 Å². The molecule has 0 unspecified atom stereocenters. The number of rotatable bonds is 2. The molecule has 2 atom stereocenters. The summed E-state index contributed by atoms with van der Waals surface area (Å²) in [5.41, 5.74) is -1.31. The number of piperazine rings is 1.